The SMILES string of the molecule is CC(C)C(CBr)CN(C)C1CCCCC1C. The Balaban J connectivity index is 2.46. The smallest absolute Gasteiger partial charge is 0.0118 e. The maximum Gasteiger partial charge on any atom is 0.0118 e. The van der Waals surface area contributed by atoms with Gasteiger partial charge in [-0.05, 0) is 37.6 Å². The van der Waals surface area contributed by atoms with Crippen LogP contribution in [0.4, 0.5) is 0 Å². The van der Waals surface area contributed by atoms with Crippen molar-refractivity contribution in [3.8, 4) is 0 Å². The van der Waals surface area contributed by atoms with Crippen molar-refractivity contribution < 1.29 is 0 Å². The molecule has 2 heteroatoms. The molecule has 0 N–H and O–H groups in total. The maximum absolute atomic E-state index is 3.66. The molecule has 0 heterocycles. The van der Waals surface area contributed by atoms with Crippen LogP contribution < -0.4 is 0 Å². The lowest BCUT2D eigenvalue weighted by Gasteiger charge is -2.38. The molecule has 1 rings (SSSR count). The molecule has 0 bridgehead atoms. The van der Waals surface area contributed by atoms with E-state index in [1.807, 2.05) is 0 Å². The van der Waals surface area contributed by atoms with Crippen molar-refractivity contribution in [1.82, 2.24) is 4.90 Å². The molecule has 96 valence electrons. The Morgan fingerprint density at radius 1 is 1.25 bits per heavy atom. The van der Waals surface area contributed by atoms with Gasteiger partial charge in [0.05, 0.1) is 0 Å². The summed E-state index contributed by atoms with van der Waals surface area (Å²) in [5.74, 6) is 2.46. The van der Waals surface area contributed by atoms with Crippen LogP contribution in [0.3, 0.4) is 0 Å². The molecule has 0 aromatic heterocycles. The Labute approximate surface area is 110 Å². The fourth-order valence-electron chi connectivity index (χ4n) is 2.89. The predicted molar refractivity (Wildman–Crippen MR) is 76.2 cm³/mol. The van der Waals surface area contributed by atoms with E-state index in [0.717, 1.165) is 29.1 Å². The first-order chi connectivity index (χ1) is 7.56. The van der Waals surface area contributed by atoms with Crippen molar-refractivity contribution in [2.75, 3.05) is 18.9 Å². The molecule has 0 radical (unpaired) electrons. The summed E-state index contributed by atoms with van der Waals surface area (Å²) in [5.41, 5.74) is 0. The van der Waals surface area contributed by atoms with Gasteiger partial charge in [0.2, 0.25) is 0 Å². The van der Waals surface area contributed by atoms with Gasteiger partial charge in [-0.3, -0.25) is 0 Å². The van der Waals surface area contributed by atoms with E-state index in [1.54, 1.807) is 0 Å². The third kappa shape index (κ3) is 4.03. The molecule has 1 saturated carbocycles. The summed E-state index contributed by atoms with van der Waals surface area (Å²) < 4.78 is 0. The average Bonchev–Trinajstić information content (AvgIpc) is 2.25. The normalized spacial score (nSPS) is 28.7. The summed E-state index contributed by atoms with van der Waals surface area (Å²) in [7, 11) is 2.32. The van der Waals surface area contributed by atoms with Gasteiger partial charge in [0.1, 0.15) is 0 Å². The molecule has 0 amide bonds. The van der Waals surface area contributed by atoms with Crippen LogP contribution in [-0.2, 0) is 0 Å². The number of alkyl halides is 1. The van der Waals surface area contributed by atoms with Gasteiger partial charge in [-0.2, -0.15) is 0 Å². The van der Waals surface area contributed by atoms with E-state index in [-0.39, 0.29) is 0 Å². The van der Waals surface area contributed by atoms with Crippen LogP contribution in [0.5, 0.6) is 0 Å². The first kappa shape index (κ1) is 14.5. The number of halogens is 1. The van der Waals surface area contributed by atoms with Crippen LogP contribution in [0.25, 0.3) is 0 Å². The molecule has 1 aliphatic rings. The standard InChI is InChI=1S/C14H28BrN/c1-11(2)13(9-15)10-16(4)14-8-6-5-7-12(14)3/h11-14H,5-10H2,1-4H3. The summed E-state index contributed by atoms with van der Waals surface area (Å²) >= 11 is 3.66. The Hall–Kier alpha value is 0.440. The quantitative estimate of drug-likeness (QED) is 0.687. The third-order valence-corrected chi connectivity index (χ3v) is 5.13. The van der Waals surface area contributed by atoms with Crippen LogP contribution in [0.1, 0.15) is 46.5 Å². The molecule has 0 spiro atoms. The molecular weight excluding hydrogens is 262 g/mol. The molecule has 1 nitrogen and oxygen atoms in total. The van der Waals surface area contributed by atoms with Crippen molar-refractivity contribution in [1.29, 1.82) is 0 Å². The topological polar surface area (TPSA) is 3.24 Å². The molecule has 1 aliphatic carbocycles. The third-order valence-electron chi connectivity index (χ3n) is 4.30. The highest BCUT2D eigenvalue weighted by molar-refractivity contribution is 9.09. The van der Waals surface area contributed by atoms with Crippen molar-refractivity contribution in [2.24, 2.45) is 17.8 Å². The van der Waals surface area contributed by atoms with Crippen molar-refractivity contribution in [3.63, 3.8) is 0 Å². The maximum atomic E-state index is 3.66. The molecule has 0 aliphatic heterocycles. The van der Waals surface area contributed by atoms with Crippen molar-refractivity contribution in [3.05, 3.63) is 0 Å². The number of hydrogen-bond donors (Lipinski definition) is 0. The van der Waals surface area contributed by atoms with E-state index in [4.69, 9.17) is 0 Å². The fraction of sp³-hybridized carbons (Fsp3) is 1.00. The summed E-state index contributed by atoms with van der Waals surface area (Å²) in [6, 6.07) is 0.828. The van der Waals surface area contributed by atoms with E-state index in [2.05, 4.69) is 48.6 Å². The molecule has 16 heavy (non-hydrogen) atoms. The molecule has 0 aromatic carbocycles. The van der Waals surface area contributed by atoms with Gasteiger partial charge in [0.15, 0.2) is 0 Å². The zero-order valence-corrected chi connectivity index (χ0v) is 13.0. The van der Waals surface area contributed by atoms with Crippen LogP contribution >= 0.6 is 15.9 Å². The Bertz CT molecular complexity index is 193. The van der Waals surface area contributed by atoms with E-state index >= 15 is 0 Å². The van der Waals surface area contributed by atoms with Crippen LogP contribution in [0.2, 0.25) is 0 Å². The highest BCUT2D eigenvalue weighted by Gasteiger charge is 2.26. The van der Waals surface area contributed by atoms with Gasteiger partial charge in [-0.25, -0.2) is 0 Å². The Kier molecular flexibility index (Phi) is 6.35. The van der Waals surface area contributed by atoms with Gasteiger partial charge in [0, 0.05) is 17.9 Å². The fourth-order valence-corrected chi connectivity index (χ4v) is 3.85. The highest BCUT2D eigenvalue weighted by Crippen LogP contribution is 2.28. The molecule has 3 atom stereocenters. The lowest BCUT2D eigenvalue weighted by molar-refractivity contribution is 0.116. The van der Waals surface area contributed by atoms with Crippen molar-refractivity contribution >= 4 is 15.9 Å². The second kappa shape index (κ2) is 7.00. The molecule has 0 saturated heterocycles. The largest absolute Gasteiger partial charge is 0.303 e. The van der Waals surface area contributed by atoms with Gasteiger partial charge in [-0.1, -0.05) is 49.5 Å². The second-order valence-electron chi connectivity index (χ2n) is 5.93. The summed E-state index contributed by atoms with van der Waals surface area (Å²) in [4.78, 5) is 2.62. The summed E-state index contributed by atoms with van der Waals surface area (Å²) in [6.07, 6.45) is 5.71. The summed E-state index contributed by atoms with van der Waals surface area (Å²) in [5, 5.41) is 1.14. The van der Waals surface area contributed by atoms with Crippen LogP contribution in [-0.4, -0.2) is 29.9 Å². The summed E-state index contributed by atoms with van der Waals surface area (Å²) in [6.45, 7) is 8.35. The Morgan fingerprint density at radius 2 is 1.88 bits per heavy atom. The lowest BCUT2D eigenvalue weighted by Crippen LogP contribution is -2.42. The van der Waals surface area contributed by atoms with E-state index < -0.39 is 0 Å². The monoisotopic (exact) mass is 289 g/mol. The first-order valence-electron chi connectivity index (χ1n) is 6.82. The minimum Gasteiger partial charge on any atom is -0.303 e. The van der Waals surface area contributed by atoms with Gasteiger partial charge in [-0.15, -0.1) is 0 Å². The number of rotatable bonds is 5. The first-order valence-corrected chi connectivity index (χ1v) is 7.94. The molecule has 3 unspecified atom stereocenters. The van der Waals surface area contributed by atoms with E-state index in [9.17, 15) is 0 Å². The number of nitrogens with zero attached hydrogens (tertiary/aromatic N) is 1. The van der Waals surface area contributed by atoms with Gasteiger partial charge >= 0.3 is 0 Å². The van der Waals surface area contributed by atoms with E-state index in [0.29, 0.717) is 0 Å². The minimum absolute atomic E-state index is 0.778. The average molecular weight is 290 g/mol. The second-order valence-corrected chi connectivity index (χ2v) is 6.57. The lowest BCUT2D eigenvalue weighted by atomic mass is 9.84. The predicted octanol–water partition coefficient (Wildman–Crippen LogP) is 4.16. The minimum atomic E-state index is 0.778. The van der Waals surface area contributed by atoms with Crippen LogP contribution in [0, 0.1) is 17.8 Å². The number of hydrogen-bond acceptors (Lipinski definition) is 1. The van der Waals surface area contributed by atoms with Crippen molar-refractivity contribution in [2.45, 2.75) is 52.5 Å². The highest BCUT2D eigenvalue weighted by atomic mass is 79.9. The van der Waals surface area contributed by atoms with Gasteiger partial charge < -0.3 is 4.90 Å². The van der Waals surface area contributed by atoms with E-state index in [1.165, 1.54) is 32.2 Å². The zero-order valence-electron chi connectivity index (χ0n) is 11.4. The molecular formula is C14H28BrN. The zero-order chi connectivity index (χ0) is 12.1. The van der Waals surface area contributed by atoms with Gasteiger partial charge in [0.25, 0.3) is 0 Å². The van der Waals surface area contributed by atoms with Crippen LogP contribution in [0.15, 0.2) is 0 Å². The molecule has 0 aromatic rings. The Morgan fingerprint density at radius 3 is 2.38 bits per heavy atom. The molecule has 1 fully saturated rings.